The van der Waals surface area contributed by atoms with E-state index in [1.807, 2.05) is 13.8 Å². The lowest BCUT2D eigenvalue weighted by Crippen LogP contribution is -2.32. The molecule has 0 saturated heterocycles. The van der Waals surface area contributed by atoms with Crippen molar-refractivity contribution in [2.45, 2.75) is 32.0 Å². The fraction of sp³-hybridized carbons (Fsp3) is 0.900. The lowest BCUT2D eigenvalue weighted by Gasteiger charge is -2.23. The molecule has 0 radical (unpaired) electrons. The van der Waals surface area contributed by atoms with E-state index in [0.29, 0.717) is 13.0 Å². The average molecular weight is 220 g/mol. The molecule has 0 fully saturated rings. The first-order valence-corrected chi connectivity index (χ1v) is 4.81. The molecule has 0 rings (SSSR count). The van der Waals surface area contributed by atoms with Gasteiger partial charge in [-0.3, -0.25) is 0 Å². The van der Waals surface area contributed by atoms with Gasteiger partial charge in [-0.2, -0.15) is 0 Å². The second-order valence-corrected chi connectivity index (χ2v) is 3.87. The molecule has 0 aromatic carbocycles. The predicted molar refractivity (Wildman–Crippen MR) is 55.0 cm³/mol. The summed E-state index contributed by atoms with van der Waals surface area (Å²) in [5, 5.41) is 8.75. The Morgan fingerprint density at radius 1 is 1.40 bits per heavy atom. The van der Waals surface area contributed by atoms with Gasteiger partial charge in [-0.25, -0.2) is 4.79 Å². The van der Waals surface area contributed by atoms with Crippen molar-refractivity contribution in [2.24, 2.45) is 0 Å². The van der Waals surface area contributed by atoms with Gasteiger partial charge in [0.05, 0.1) is 18.8 Å². The fourth-order valence-corrected chi connectivity index (χ4v) is 0.891. The third-order valence-corrected chi connectivity index (χ3v) is 2.17. The molecule has 0 amide bonds. The van der Waals surface area contributed by atoms with Gasteiger partial charge in [0.2, 0.25) is 0 Å². The molecule has 1 atom stereocenters. The Balaban J connectivity index is 3.85. The summed E-state index contributed by atoms with van der Waals surface area (Å²) < 4.78 is 15.1. The Labute approximate surface area is 90.3 Å². The second-order valence-electron chi connectivity index (χ2n) is 3.87. The first-order chi connectivity index (χ1) is 6.93. The number of hydrogen-bond acceptors (Lipinski definition) is 4. The Kier molecular flexibility index (Phi) is 6.47. The SMILES string of the molecule is COCC(OCCC(C)(C)OC)C(=O)O. The molecule has 0 saturated carbocycles. The third kappa shape index (κ3) is 6.43. The van der Waals surface area contributed by atoms with Gasteiger partial charge in [0.1, 0.15) is 0 Å². The van der Waals surface area contributed by atoms with Gasteiger partial charge in [0.25, 0.3) is 0 Å². The maximum absolute atomic E-state index is 10.7. The van der Waals surface area contributed by atoms with E-state index in [2.05, 4.69) is 0 Å². The van der Waals surface area contributed by atoms with E-state index < -0.39 is 12.1 Å². The van der Waals surface area contributed by atoms with E-state index in [9.17, 15) is 4.79 Å². The van der Waals surface area contributed by atoms with Gasteiger partial charge >= 0.3 is 5.97 Å². The van der Waals surface area contributed by atoms with Crippen LogP contribution >= 0.6 is 0 Å². The molecular formula is C10H20O5. The summed E-state index contributed by atoms with van der Waals surface area (Å²) >= 11 is 0. The normalized spacial score (nSPS) is 13.9. The zero-order valence-electron chi connectivity index (χ0n) is 9.78. The number of methoxy groups -OCH3 is 2. The van der Waals surface area contributed by atoms with Crippen LogP contribution in [0.3, 0.4) is 0 Å². The molecule has 0 aromatic heterocycles. The van der Waals surface area contributed by atoms with Crippen molar-refractivity contribution in [2.75, 3.05) is 27.4 Å². The van der Waals surface area contributed by atoms with E-state index in [1.165, 1.54) is 7.11 Å². The summed E-state index contributed by atoms with van der Waals surface area (Å²) in [6, 6.07) is 0. The number of carbonyl (C=O) groups is 1. The van der Waals surface area contributed by atoms with Crippen molar-refractivity contribution < 1.29 is 24.1 Å². The van der Waals surface area contributed by atoms with Crippen LogP contribution in [0, 0.1) is 0 Å². The molecule has 0 aliphatic heterocycles. The standard InChI is InChI=1S/C10H20O5/c1-10(2,14-4)5-6-15-8(7-13-3)9(11)12/h8H,5-7H2,1-4H3,(H,11,12). The number of rotatable bonds is 8. The van der Waals surface area contributed by atoms with Crippen LogP contribution in [0.25, 0.3) is 0 Å². The summed E-state index contributed by atoms with van der Waals surface area (Å²) in [6.07, 6.45) is -0.264. The molecule has 0 bridgehead atoms. The van der Waals surface area contributed by atoms with Gasteiger partial charge < -0.3 is 19.3 Å². The minimum absolute atomic E-state index is 0.0583. The van der Waals surface area contributed by atoms with E-state index in [0.717, 1.165) is 0 Å². The first-order valence-electron chi connectivity index (χ1n) is 4.81. The van der Waals surface area contributed by atoms with Gasteiger partial charge in [0, 0.05) is 14.2 Å². The molecule has 0 spiro atoms. The van der Waals surface area contributed by atoms with Crippen molar-refractivity contribution in [3.05, 3.63) is 0 Å². The molecule has 0 aliphatic rings. The smallest absolute Gasteiger partial charge is 0.335 e. The van der Waals surface area contributed by atoms with Crippen LogP contribution in [-0.4, -0.2) is 50.2 Å². The lowest BCUT2D eigenvalue weighted by atomic mass is 10.1. The van der Waals surface area contributed by atoms with Gasteiger partial charge in [0.15, 0.2) is 6.10 Å². The maximum Gasteiger partial charge on any atom is 0.335 e. The highest BCUT2D eigenvalue weighted by Crippen LogP contribution is 2.13. The zero-order valence-corrected chi connectivity index (χ0v) is 9.78. The van der Waals surface area contributed by atoms with Crippen LogP contribution in [0.5, 0.6) is 0 Å². The molecule has 5 nitrogen and oxygen atoms in total. The summed E-state index contributed by atoms with van der Waals surface area (Å²) in [7, 11) is 3.06. The summed E-state index contributed by atoms with van der Waals surface area (Å²) in [5.41, 5.74) is -0.296. The second kappa shape index (κ2) is 6.76. The van der Waals surface area contributed by atoms with Crippen molar-refractivity contribution in [3.8, 4) is 0 Å². The van der Waals surface area contributed by atoms with Crippen molar-refractivity contribution in [1.29, 1.82) is 0 Å². The molecule has 1 unspecified atom stereocenters. The Morgan fingerprint density at radius 3 is 2.40 bits per heavy atom. The summed E-state index contributed by atoms with van der Waals surface area (Å²) in [6.45, 7) is 4.23. The topological polar surface area (TPSA) is 65.0 Å². The highest BCUT2D eigenvalue weighted by atomic mass is 16.5. The minimum Gasteiger partial charge on any atom is -0.479 e. The summed E-state index contributed by atoms with van der Waals surface area (Å²) in [4.78, 5) is 10.7. The van der Waals surface area contributed by atoms with Crippen LogP contribution in [0.15, 0.2) is 0 Å². The van der Waals surface area contributed by atoms with Crippen LogP contribution in [0.4, 0.5) is 0 Å². The third-order valence-electron chi connectivity index (χ3n) is 2.17. The van der Waals surface area contributed by atoms with Crippen molar-refractivity contribution in [3.63, 3.8) is 0 Å². The van der Waals surface area contributed by atoms with Gasteiger partial charge in [-0.05, 0) is 20.3 Å². The molecule has 0 aromatic rings. The van der Waals surface area contributed by atoms with Crippen molar-refractivity contribution >= 4 is 5.97 Å². The summed E-state index contributed by atoms with van der Waals surface area (Å²) in [5.74, 6) is -1.01. The number of aliphatic carboxylic acids is 1. The Morgan fingerprint density at radius 2 is 2.00 bits per heavy atom. The maximum atomic E-state index is 10.7. The molecule has 1 N–H and O–H groups in total. The molecular weight excluding hydrogens is 200 g/mol. The molecule has 0 heterocycles. The van der Waals surface area contributed by atoms with Crippen LogP contribution < -0.4 is 0 Å². The molecule has 90 valence electrons. The van der Waals surface area contributed by atoms with Crippen LogP contribution in [-0.2, 0) is 19.0 Å². The van der Waals surface area contributed by atoms with E-state index in [-0.39, 0.29) is 12.2 Å². The zero-order chi connectivity index (χ0) is 11.9. The first kappa shape index (κ1) is 14.3. The van der Waals surface area contributed by atoms with Crippen molar-refractivity contribution in [1.82, 2.24) is 0 Å². The minimum atomic E-state index is -1.01. The predicted octanol–water partition coefficient (Wildman–Crippen LogP) is 0.918. The van der Waals surface area contributed by atoms with Gasteiger partial charge in [-0.15, -0.1) is 0 Å². The quantitative estimate of drug-likeness (QED) is 0.659. The van der Waals surface area contributed by atoms with Crippen LogP contribution in [0.1, 0.15) is 20.3 Å². The molecule has 5 heteroatoms. The number of carboxylic acids is 1. The molecule has 15 heavy (non-hydrogen) atoms. The van der Waals surface area contributed by atoms with Gasteiger partial charge in [-0.1, -0.05) is 0 Å². The Hall–Kier alpha value is -0.650. The fourth-order valence-electron chi connectivity index (χ4n) is 0.891. The largest absolute Gasteiger partial charge is 0.479 e. The highest BCUT2D eigenvalue weighted by Gasteiger charge is 2.21. The lowest BCUT2D eigenvalue weighted by molar-refractivity contribution is -0.155. The van der Waals surface area contributed by atoms with E-state index in [4.69, 9.17) is 19.3 Å². The number of ether oxygens (including phenoxy) is 3. The molecule has 0 aliphatic carbocycles. The number of carboxylic acid groups (broad SMARTS) is 1. The monoisotopic (exact) mass is 220 g/mol. The van der Waals surface area contributed by atoms with Crippen LogP contribution in [0.2, 0.25) is 0 Å². The number of hydrogen-bond donors (Lipinski definition) is 1. The average Bonchev–Trinajstić information content (AvgIpc) is 2.16. The van der Waals surface area contributed by atoms with E-state index in [1.54, 1.807) is 7.11 Å². The highest BCUT2D eigenvalue weighted by molar-refractivity contribution is 5.72. The Bertz CT molecular complexity index is 190. The van der Waals surface area contributed by atoms with E-state index >= 15 is 0 Å².